The van der Waals surface area contributed by atoms with E-state index in [2.05, 4.69) is 0 Å². The van der Waals surface area contributed by atoms with Crippen LogP contribution in [-0.4, -0.2) is 47.5 Å². The number of halogens is 1. The number of hydrogen-bond acceptors (Lipinski definition) is 6. The molecule has 174 valence electrons. The van der Waals surface area contributed by atoms with Gasteiger partial charge in [0.2, 0.25) is 0 Å². The predicted molar refractivity (Wildman–Crippen MR) is 125 cm³/mol. The van der Waals surface area contributed by atoms with Crippen molar-refractivity contribution in [3.63, 3.8) is 0 Å². The zero-order valence-corrected chi connectivity index (χ0v) is 19.6. The number of imide groups is 1. The third-order valence-electron chi connectivity index (χ3n) is 5.39. The molecule has 2 heterocycles. The van der Waals surface area contributed by atoms with Gasteiger partial charge in [0.1, 0.15) is 11.5 Å². The number of rotatable bonds is 8. The molecule has 0 unspecified atom stereocenters. The number of furan rings is 1. The van der Waals surface area contributed by atoms with E-state index in [4.69, 9.17) is 25.9 Å². The van der Waals surface area contributed by atoms with Crippen molar-refractivity contribution in [3.8, 4) is 11.3 Å². The van der Waals surface area contributed by atoms with Gasteiger partial charge in [0.15, 0.2) is 0 Å². The van der Waals surface area contributed by atoms with Crippen molar-refractivity contribution in [2.45, 2.75) is 33.6 Å². The Morgan fingerprint density at radius 2 is 1.94 bits per heavy atom. The van der Waals surface area contributed by atoms with Crippen molar-refractivity contribution in [2.24, 2.45) is 0 Å². The van der Waals surface area contributed by atoms with Gasteiger partial charge in [-0.1, -0.05) is 18.5 Å². The van der Waals surface area contributed by atoms with Crippen LogP contribution in [0.1, 0.15) is 49.7 Å². The summed E-state index contributed by atoms with van der Waals surface area (Å²) in [5, 5.41) is 9.41. The Labute approximate surface area is 197 Å². The maximum absolute atomic E-state index is 13.0. The molecule has 1 N–H and O–H groups in total. The fourth-order valence-corrected chi connectivity index (χ4v) is 3.87. The Kier molecular flexibility index (Phi) is 7.89. The van der Waals surface area contributed by atoms with Crippen LogP contribution in [0.25, 0.3) is 17.4 Å². The molecule has 1 aliphatic heterocycles. The average Bonchev–Trinajstić information content (AvgIpc) is 3.26. The first-order valence-corrected chi connectivity index (χ1v) is 11.2. The van der Waals surface area contributed by atoms with Gasteiger partial charge in [-0.3, -0.25) is 14.5 Å². The molecule has 1 aromatic carbocycles. The van der Waals surface area contributed by atoms with E-state index in [0.717, 1.165) is 0 Å². The van der Waals surface area contributed by atoms with Crippen molar-refractivity contribution in [1.29, 1.82) is 0 Å². The largest absolute Gasteiger partial charge is 0.462 e. The van der Waals surface area contributed by atoms with E-state index in [1.807, 2.05) is 6.92 Å². The van der Waals surface area contributed by atoms with Gasteiger partial charge in [-0.05, 0) is 68.7 Å². The highest BCUT2D eigenvalue weighted by Gasteiger charge is 2.34. The molecule has 0 saturated heterocycles. The Hall–Kier alpha value is -3.16. The fraction of sp³-hybridized carbons (Fsp3) is 0.320. The summed E-state index contributed by atoms with van der Waals surface area (Å²) in [6.45, 7) is 5.59. The van der Waals surface area contributed by atoms with E-state index in [9.17, 15) is 14.4 Å². The molecular weight excluding hydrogens is 446 g/mol. The van der Waals surface area contributed by atoms with Crippen LogP contribution in [0.5, 0.6) is 0 Å². The normalized spacial score (nSPS) is 15.5. The summed E-state index contributed by atoms with van der Waals surface area (Å²) < 4.78 is 11.0. The zero-order chi connectivity index (χ0) is 24.1. The van der Waals surface area contributed by atoms with E-state index in [1.165, 1.54) is 4.90 Å². The number of aliphatic hydroxyl groups excluding tert-OH is 1. The molecule has 0 spiro atoms. The predicted octanol–water partition coefficient (Wildman–Crippen LogP) is 4.64. The van der Waals surface area contributed by atoms with Gasteiger partial charge in [0, 0.05) is 29.9 Å². The number of nitrogens with zero attached hydrogens (tertiary/aromatic N) is 1. The first kappa shape index (κ1) is 24.5. The summed E-state index contributed by atoms with van der Waals surface area (Å²) in [4.78, 5) is 39.0. The van der Waals surface area contributed by atoms with Crippen LogP contribution in [0.3, 0.4) is 0 Å². The van der Waals surface area contributed by atoms with Crippen molar-refractivity contribution >= 4 is 35.5 Å². The summed E-state index contributed by atoms with van der Waals surface area (Å²) in [7, 11) is 0. The average molecular weight is 472 g/mol. The minimum atomic E-state index is -0.522. The molecule has 7 nitrogen and oxygen atoms in total. The van der Waals surface area contributed by atoms with E-state index < -0.39 is 11.9 Å². The lowest BCUT2D eigenvalue weighted by Gasteiger charge is -2.29. The number of hydrogen-bond donors (Lipinski definition) is 1. The SMILES string of the molecule is CCOC(=O)c1cc(-c2ccc(/C=C3\C(=O)N(CCCO)C(=O)C(CC)=C3C)o2)ccc1Cl. The molecule has 33 heavy (non-hydrogen) atoms. The van der Waals surface area contributed by atoms with Gasteiger partial charge >= 0.3 is 5.97 Å². The smallest absolute Gasteiger partial charge is 0.339 e. The van der Waals surface area contributed by atoms with Gasteiger partial charge in [-0.2, -0.15) is 0 Å². The molecule has 0 bridgehead atoms. The lowest BCUT2D eigenvalue weighted by molar-refractivity contribution is -0.140. The van der Waals surface area contributed by atoms with Crippen LogP contribution in [0.4, 0.5) is 0 Å². The van der Waals surface area contributed by atoms with Crippen LogP contribution < -0.4 is 0 Å². The molecule has 1 aromatic heterocycles. The molecule has 0 radical (unpaired) electrons. The minimum absolute atomic E-state index is 0.114. The summed E-state index contributed by atoms with van der Waals surface area (Å²) in [5.41, 5.74) is 2.40. The molecule has 3 rings (SSSR count). The first-order chi connectivity index (χ1) is 15.8. The van der Waals surface area contributed by atoms with Crippen molar-refractivity contribution in [2.75, 3.05) is 19.8 Å². The number of aliphatic hydroxyl groups is 1. The second kappa shape index (κ2) is 10.6. The van der Waals surface area contributed by atoms with E-state index >= 15 is 0 Å². The highest BCUT2D eigenvalue weighted by atomic mass is 35.5. The third-order valence-corrected chi connectivity index (χ3v) is 5.72. The maximum atomic E-state index is 13.0. The Morgan fingerprint density at radius 3 is 2.61 bits per heavy atom. The lowest BCUT2D eigenvalue weighted by atomic mass is 9.92. The van der Waals surface area contributed by atoms with E-state index in [0.29, 0.717) is 46.6 Å². The number of carbonyl (C=O) groups excluding carboxylic acids is 3. The number of esters is 1. The molecule has 0 fully saturated rings. The van der Waals surface area contributed by atoms with Gasteiger partial charge in [0.05, 0.1) is 17.2 Å². The third kappa shape index (κ3) is 5.10. The van der Waals surface area contributed by atoms with Crippen molar-refractivity contribution in [3.05, 3.63) is 63.4 Å². The second-order valence-corrected chi connectivity index (χ2v) is 7.88. The fourth-order valence-electron chi connectivity index (χ4n) is 3.67. The molecule has 0 aliphatic carbocycles. The Bertz CT molecular complexity index is 1140. The molecule has 0 saturated carbocycles. The molecule has 0 atom stereocenters. The van der Waals surface area contributed by atoms with Crippen LogP contribution in [0, 0.1) is 0 Å². The van der Waals surface area contributed by atoms with Gasteiger partial charge in [-0.25, -0.2) is 4.79 Å². The zero-order valence-electron chi connectivity index (χ0n) is 18.8. The van der Waals surface area contributed by atoms with Crippen LogP contribution >= 0.6 is 11.6 Å². The molecule has 8 heteroatoms. The summed E-state index contributed by atoms with van der Waals surface area (Å²) >= 11 is 6.14. The highest BCUT2D eigenvalue weighted by molar-refractivity contribution is 6.33. The van der Waals surface area contributed by atoms with Crippen LogP contribution in [-0.2, 0) is 14.3 Å². The highest BCUT2D eigenvalue weighted by Crippen LogP contribution is 2.31. The number of benzene rings is 1. The molecule has 2 aromatic rings. The summed E-state index contributed by atoms with van der Waals surface area (Å²) in [5.74, 6) is -0.354. The monoisotopic (exact) mass is 471 g/mol. The number of amides is 2. The van der Waals surface area contributed by atoms with Crippen molar-refractivity contribution < 1.29 is 28.6 Å². The quantitative estimate of drug-likeness (QED) is 0.342. The van der Waals surface area contributed by atoms with Crippen LogP contribution in [0.2, 0.25) is 5.02 Å². The second-order valence-electron chi connectivity index (χ2n) is 7.47. The van der Waals surface area contributed by atoms with E-state index in [1.54, 1.807) is 50.3 Å². The maximum Gasteiger partial charge on any atom is 0.339 e. The lowest BCUT2D eigenvalue weighted by Crippen LogP contribution is -2.43. The van der Waals surface area contributed by atoms with Gasteiger partial charge in [0.25, 0.3) is 11.8 Å². The van der Waals surface area contributed by atoms with E-state index in [-0.39, 0.29) is 36.3 Å². The number of carbonyl (C=O) groups is 3. The standard InChI is InChI=1S/C25H26ClNO6/c1-4-18-15(3)19(24(30)27(23(18)29)11-6-12-28)14-17-8-10-22(33-17)16-7-9-21(26)20(13-16)25(31)32-5-2/h7-10,13-14,28H,4-6,11-12H2,1-3H3/b19-14-. The van der Waals surface area contributed by atoms with Crippen LogP contribution in [0.15, 0.2) is 51.5 Å². The molecule has 2 amide bonds. The molecular formula is C25H26ClNO6. The Morgan fingerprint density at radius 1 is 1.18 bits per heavy atom. The van der Waals surface area contributed by atoms with Crippen molar-refractivity contribution in [1.82, 2.24) is 4.90 Å². The topological polar surface area (TPSA) is 97.0 Å². The number of ether oxygens (including phenoxy) is 1. The first-order valence-electron chi connectivity index (χ1n) is 10.8. The summed E-state index contributed by atoms with van der Waals surface area (Å²) in [6, 6.07) is 8.35. The Balaban J connectivity index is 1.97. The van der Waals surface area contributed by atoms with Gasteiger partial charge < -0.3 is 14.3 Å². The van der Waals surface area contributed by atoms with Gasteiger partial charge in [-0.15, -0.1) is 0 Å². The molecule has 1 aliphatic rings. The minimum Gasteiger partial charge on any atom is -0.462 e. The summed E-state index contributed by atoms with van der Waals surface area (Å²) in [6.07, 6.45) is 2.40.